The molecule has 4 rings (SSSR count). The highest BCUT2D eigenvalue weighted by Gasteiger charge is 2.66. The van der Waals surface area contributed by atoms with Crippen LogP contribution in [0.4, 0.5) is 0 Å². The number of phenols is 1. The maximum Gasteiger partial charge on any atom is 0.230 e. The molecule has 0 heterocycles. The molecule has 196 valence electrons. The molecule has 0 saturated heterocycles. The van der Waals surface area contributed by atoms with Crippen LogP contribution in [0.5, 0.6) is 5.75 Å². The van der Waals surface area contributed by atoms with Crippen LogP contribution in [-0.4, -0.2) is 100 Å². The predicted molar refractivity (Wildman–Crippen MR) is 130 cm³/mol. The van der Waals surface area contributed by atoms with Crippen LogP contribution in [-0.2, 0) is 22.4 Å². The second kappa shape index (κ2) is 9.26. The normalized spacial score (nSPS) is 31.9. The van der Waals surface area contributed by atoms with Crippen LogP contribution in [0.3, 0.4) is 0 Å². The lowest BCUT2D eigenvalue weighted by Gasteiger charge is -2.53. The second-order valence-corrected chi connectivity index (χ2v) is 10.8. The first-order valence-electron chi connectivity index (χ1n) is 12.2. The van der Waals surface area contributed by atoms with Crippen molar-refractivity contribution in [3.63, 3.8) is 0 Å². The Balaban J connectivity index is 1.84. The average Bonchev–Trinajstić information content (AvgIpc) is 2.77. The third-order valence-electron chi connectivity index (χ3n) is 8.13. The molecular formula is C26H35N3O7. The number of nitrogens with zero attached hydrogens (tertiary/aromatic N) is 2. The highest BCUT2D eigenvalue weighted by Crippen LogP contribution is 2.52. The summed E-state index contributed by atoms with van der Waals surface area (Å²) in [5.74, 6) is -7.20. The third kappa shape index (κ3) is 3.83. The summed E-state index contributed by atoms with van der Waals surface area (Å²) in [5.41, 5.74) is 4.40. The standard InChI is InChI=1S/C26H35N3O7/c1-28(2)9-5-6-12-7-8-16(30)18-14(12)10-13-11-15-20(29(3)4)22(32)19(25(27)35)24(34)26(15,36)23(33)17(13)21(18)31/h7-8,13,15,19-20,22,30,32-33,36H,5-6,9-11H2,1-4H3,(H2,27,35)/t13-,15-,19?,20-,22?,26-/m0/s1. The molecule has 0 aromatic heterocycles. The van der Waals surface area contributed by atoms with Crippen molar-refractivity contribution in [3.05, 3.63) is 40.2 Å². The van der Waals surface area contributed by atoms with Gasteiger partial charge in [0, 0.05) is 17.5 Å². The van der Waals surface area contributed by atoms with E-state index in [4.69, 9.17) is 5.73 Å². The Morgan fingerprint density at radius 2 is 1.83 bits per heavy atom. The van der Waals surface area contributed by atoms with E-state index in [0.29, 0.717) is 18.4 Å². The lowest BCUT2D eigenvalue weighted by Crippen LogP contribution is -2.71. The first kappa shape index (κ1) is 26.3. The first-order chi connectivity index (χ1) is 16.8. The van der Waals surface area contributed by atoms with Crippen LogP contribution in [0.15, 0.2) is 23.5 Å². The fraction of sp³-hybridized carbons (Fsp3) is 0.577. The van der Waals surface area contributed by atoms with Crippen molar-refractivity contribution in [2.24, 2.45) is 23.5 Å². The van der Waals surface area contributed by atoms with Crippen LogP contribution in [0.2, 0.25) is 0 Å². The second-order valence-electron chi connectivity index (χ2n) is 10.8. The maximum atomic E-state index is 13.7. The minimum Gasteiger partial charge on any atom is -0.508 e. The summed E-state index contributed by atoms with van der Waals surface area (Å²) in [6.07, 6.45) is 0.490. The molecular weight excluding hydrogens is 466 g/mol. The van der Waals surface area contributed by atoms with E-state index in [9.17, 15) is 34.8 Å². The topological polar surface area (TPSA) is 165 Å². The molecule has 1 fully saturated rings. The fourth-order valence-corrected chi connectivity index (χ4v) is 6.49. The molecule has 0 radical (unpaired) electrons. The number of carbonyl (C=O) groups is 3. The molecule has 3 aliphatic carbocycles. The number of aromatic hydroxyl groups is 1. The summed E-state index contributed by atoms with van der Waals surface area (Å²) in [7, 11) is 7.23. The summed E-state index contributed by atoms with van der Waals surface area (Å²) in [4.78, 5) is 42.8. The SMILES string of the molecule is CN(C)CCCc1ccc(O)c2c1C[C@H]1C[C@H]3[C@H](N(C)C)C(O)C(C(N)=O)C(=O)[C@@]3(O)C(O)=C1C2=O. The van der Waals surface area contributed by atoms with Gasteiger partial charge in [-0.15, -0.1) is 0 Å². The van der Waals surface area contributed by atoms with Gasteiger partial charge >= 0.3 is 0 Å². The van der Waals surface area contributed by atoms with Gasteiger partial charge in [-0.25, -0.2) is 0 Å². The minimum atomic E-state index is -2.56. The lowest BCUT2D eigenvalue weighted by molar-refractivity contribution is -0.178. The molecule has 2 unspecified atom stereocenters. The summed E-state index contributed by atoms with van der Waals surface area (Å²) < 4.78 is 0. The van der Waals surface area contributed by atoms with Crippen molar-refractivity contribution in [1.29, 1.82) is 0 Å². The number of aliphatic hydroxyl groups excluding tert-OH is 2. The third-order valence-corrected chi connectivity index (χ3v) is 8.13. The zero-order valence-corrected chi connectivity index (χ0v) is 21.1. The van der Waals surface area contributed by atoms with Gasteiger partial charge in [-0.1, -0.05) is 6.07 Å². The van der Waals surface area contributed by atoms with Gasteiger partial charge in [0.05, 0.1) is 11.7 Å². The largest absolute Gasteiger partial charge is 0.508 e. The van der Waals surface area contributed by atoms with Crippen molar-refractivity contribution in [3.8, 4) is 5.75 Å². The van der Waals surface area contributed by atoms with Gasteiger partial charge in [-0.05, 0) is 83.5 Å². The molecule has 1 aromatic rings. The Hall–Kier alpha value is -2.79. The molecule has 36 heavy (non-hydrogen) atoms. The van der Waals surface area contributed by atoms with Gasteiger partial charge < -0.3 is 36.0 Å². The number of aryl methyl sites for hydroxylation is 1. The van der Waals surface area contributed by atoms with E-state index in [1.807, 2.05) is 14.1 Å². The number of rotatable bonds is 6. The average molecular weight is 502 g/mol. The van der Waals surface area contributed by atoms with E-state index >= 15 is 0 Å². The Labute approximate surface area is 210 Å². The minimum absolute atomic E-state index is 0.0658. The number of likely N-dealkylation sites (N-methyl/N-ethyl adjacent to an activating group) is 1. The monoisotopic (exact) mass is 501 g/mol. The van der Waals surface area contributed by atoms with Gasteiger partial charge in [-0.3, -0.25) is 14.4 Å². The summed E-state index contributed by atoms with van der Waals surface area (Å²) in [6, 6.07) is 2.38. The number of hydrogen-bond donors (Lipinski definition) is 5. The smallest absolute Gasteiger partial charge is 0.230 e. The molecule has 0 spiro atoms. The van der Waals surface area contributed by atoms with E-state index in [2.05, 4.69) is 4.90 Å². The number of primary amides is 1. The quantitative estimate of drug-likeness (QED) is 0.331. The van der Waals surface area contributed by atoms with E-state index < -0.39 is 58.7 Å². The fourth-order valence-electron chi connectivity index (χ4n) is 6.49. The number of carbonyl (C=O) groups excluding carboxylic acids is 3. The number of phenolic OH excluding ortho intramolecular Hbond substituents is 1. The van der Waals surface area contributed by atoms with Crippen LogP contribution in [0.25, 0.3) is 0 Å². The van der Waals surface area contributed by atoms with Crippen LogP contribution < -0.4 is 5.73 Å². The molecule has 0 aliphatic heterocycles. The molecule has 6 atom stereocenters. The Morgan fingerprint density at radius 3 is 2.42 bits per heavy atom. The zero-order valence-electron chi connectivity index (χ0n) is 21.1. The molecule has 1 saturated carbocycles. The van der Waals surface area contributed by atoms with Gasteiger partial charge in [0.1, 0.15) is 17.4 Å². The van der Waals surface area contributed by atoms with E-state index in [1.165, 1.54) is 6.07 Å². The zero-order chi connectivity index (χ0) is 26.7. The van der Waals surface area contributed by atoms with Gasteiger partial charge in [0.25, 0.3) is 0 Å². The molecule has 10 nitrogen and oxygen atoms in total. The number of nitrogens with two attached hydrogens (primary N) is 1. The number of hydrogen-bond acceptors (Lipinski definition) is 9. The lowest BCUT2D eigenvalue weighted by atomic mass is 9.56. The van der Waals surface area contributed by atoms with Gasteiger partial charge in [0.2, 0.25) is 5.91 Å². The first-order valence-corrected chi connectivity index (χ1v) is 12.2. The van der Waals surface area contributed by atoms with Crippen molar-refractivity contribution < 1.29 is 34.8 Å². The predicted octanol–water partition coefficient (Wildman–Crippen LogP) is -0.220. The molecule has 10 heteroatoms. The Kier molecular flexibility index (Phi) is 6.76. The van der Waals surface area contributed by atoms with Crippen molar-refractivity contribution in [2.45, 2.75) is 43.4 Å². The number of ketones is 2. The van der Waals surface area contributed by atoms with Gasteiger partial charge in [-0.2, -0.15) is 0 Å². The number of amides is 1. The molecule has 0 bridgehead atoms. The Bertz CT molecular complexity index is 1140. The van der Waals surface area contributed by atoms with E-state index in [1.54, 1.807) is 25.1 Å². The highest BCUT2D eigenvalue weighted by molar-refractivity contribution is 6.15. The summed E-state index contributed by atoms with van der Waals surface area (Å²) >= 11 is 0. The molecule has 6 N–H and O–H groups in total. The molecule has 1 amide bonds. The Morgan fingerprint density at radius 1 is 1.17 bits per heavy atom. The molecule has 3 aliphatic rings. The highest BCUT2D eigenvalue weighted by atomic mass is 16.3. The van der Waals surface area contributed by atoms with Crippen molar-refractivity contribution in [2.75, 3.05) is 34.7 Å². The number of benzene rings is 1. The van der Waals surface area contributed by atoms with Crippen molar-refractivity contribution >= 4 is 17.5 Å². The number of aliphatic hydroxyl groups is 3. The maximum absolute atomic E-state index is 13.7. The van der Waals surface area contributed by atoms with E-state index in [0.717, 1.165) is 18.5 Å². The summed E-state index contributed by atoms with van der Waals surface area (Å²) in [6.45, 7) is 0.847. The molecule has 1 aromatic carbocycles. The van der Waals surface area contributed by atoms with Crippen LogP contribution in [0.1, 0.15) is 34.3 Å². The van der Waals surface area contributed by atoms with Gasteiger partial charge in [0.15, 0.2) is 17.2 Å². The number of fused-ring (bicyclic) bond motifs is 3. The number of Topliss-reactive ketones (excluding diaryl/α,β-unsaturated/α-hetero) is 2. The van der Waals surface area contributed by atoms with Crippen LogP contribution >= 0.6 is 0 Å². The van der Waals surface area contributed by atoms with E-state index in [-0.39, 0.29) is 23.3 Å². The number of allylic oxidation sites excluding steroid dienone is 1. The summed E-state index contributed by atoms with van der Waals surface area (Å²) in [5, 5.41) is 44.5. The van der Waals surface area contributed by atoms with Crippen molar-refractivity contribution in [1.82, 2.24) is 9.80 Å². The van der Waals surface area contributed by atoms with Crippen LogP contribution in [0, 0.1) is 17.8 Å².